The van der Waals surface area contributed by atoms with E-state index < -0.39 is 0 Å². The summed E-state index contributed by atoms with van der Waals surface area (Å²) in [5, 5.41) is 8.94. The van der Waals surface area contributed by atoms with Crippen molar-refractivity contribution in [3.8, 4) is 5.75 Å². The third-order valence-electron chi connectivity index (χ3n) is 1.25. The summed E-state index contributed by atoms with van der Waals surface area (Å²) in [4.78, 5) is 3.85. The van der Waals surface area contributed by atoms with E-state index >= 15 is 0 Å². The summed E-state index contributed by atoms with van der Waals surface area (Å²) in [5.41, 5.74) is 0.538. The lowest BCUT2D eigenvalue weighted by molar-refractivity contribution is 0.276. The molecule has 0 aliphatic carbocycles. The molecule has 0 aromatic carbocycles. The minimum absolute atomic E-state index is 0.107. The second kappa shape index (κ2) is 3.55. The van der Waals surface area contributed by atoms with Crippen LogP contribution in [0, 0.1) is 0 Å². The lowest BCUT2D eigenvalue weighted by Gasteiger charge is -2.02. The van der Waals surface area contributed by atoms with E-state index in [9.17, 15) is 0 Å². The first-order valence-corrected chi connectivity index (χ1v) is 3.46. The van der Waals surface area contributed by atoms with Crippen LogP contribution in [0.15, 0.2) is 12.1 Å². The van der Waals surface area contributed by atoms with Gasteiger partial charge in [-0.2, -0.15) is 0 Å². The van der Waals surface area contributed by atoms with Gasteiger partial charge in [0.25, 0.3) is 0 Å². The molecule has 0 bridgehead atoms. The molecule has 0 amide bonds. The molecule has 0 atom stereocenters. The molecule has 1 aromatic rings. The average molecular weight is 174 g/mol. The van der Waals surface area contributed by atoms with Crippen molar-refractivity contribution in [2.75, 3.05) is 7.11 Å². The Morgan fingerprint density at radius 3 is 2.82 bits per heavy atom. The number of ether oxygens (including phenoxy) is 1. The smallest absolute Gasteiger partial charge is 0.171 e. The molecule has 60 valence electrons. The summed E-state index contributed by atoms with van der Waals surface area (Å²) in [6.07, 6.45) is 0. The van der Waals surface area contributed by atoms with Crippen LogP contribution in [0.5, 0.6) is 5.75 Å². The van der Waals surface area contributed by atoms with E-state index in [0.717, 1.165) is 0 Å². The number of nitrogens with zero attached hydrogens (tertiary/aromatic N) is 1. The van der Waals surface area contributed by atoms with E-state index in [0.29, 0.717) is 11.4 Å². The Bertz CT molecular complexity index is 252. The van der Waals surface area contributed by atoms with Crippen molar-refractivity contribution in [1.82, 2.24) is 4.98 Å². The zero-order valence-corrected chi connectivity index (χ0v) is 6.80. The Morgan fingerprint density at radius 2 is 2.36 bits per heavy atom. The summed E-state index contributed by atoms with van der Waals surface area (Å²) < 4.78 is 4.87. The third-order valence-corrected chi connectivity index (χ3v) is 1.52. The molecule has 4 heteroatoms. The summed E-state index contributed by atoms with van der Waals surface area (Å²) >= 11 is 5.66. The van der Waals surface area contributed by atoms with Crippen LogP contribution in [-0.4, -0.2) is 17.2 Å². The topological polar surface area (TPSA) is 42.4 Å². The van der Waals surface area contributed by atoms with Crippen molar-refractivity contribution in [3.05, 3.63) is 23.0 Å². The van der Waals surface area contributed by atoms with Crippen LogP contribution in [-0.2, 0) is 6.61 Å². The van der Waals surface area contributed by atoms with E-state index in [-0.39, 0.29) is 11.8 Å². The molecule has 3 nitrogen and oxygen atoms in total. The quantitative estimate of drug-likeness (QED) is 0.685. The number of methoxy groups -OCH3 is 1. The molecular weight excluding hydrogens is 166 g/mol. The highest BCUT2D eigenvalue weighted by Gasteiger charge is 2.01. The van der Waals surface area contributed by atoms with Crippen LogP contribution in [0.3, 0.4) is 0 Å². The second-order valence-electron chi connectivity index (χ2n) is 1.95. The zero-order valence-electron chi connectivity index (χ0n) is 6.04. The van der Waals surface area contributed by atoms with Gasteiger partial charge in [0.1, 0.15) is 0 Å². The van der Waals surface area contributed by atoms with Gasteiger partial charge in [-0.3, -0.25) is 0 Å². The first-order chi connectivity index (χ1) is 5.27. The predicted octanol–water partition coefficient (Wildman–Crippen LogP) is 1.24. The molecule has 1 N–H and O–H groups in total. The second-order valence-corrected chi connectivity index (χ2v) is 2.31. The monoisotopic (exact) mass is 173 g/mol. The SMILES string of the molecule is COc1ccc(CO)nc1Cl. The molecule has 0 spiro atoms. The van der Waals surface area contributed by atoms with Gasteiger partial charge >= 0.3 is 0 Å². The van der Waals surface area contributed by atoms with Gasteiger partial charge in [0.05, 0.1) is 19.4 Å². The minimum atomic E-state index is -0.107. The summed E-state index contributed by atoms with van der Waals surface area (Å²) in [6.45, 7) is -0.107. The number of aliphatic hydroxyl groups is 1. The first kappa shape index (κ1) is 8.30. The van der Waals surface area contributed by atoms with Gasteiger partial charge in [-0.1, -0.05) is 11.6 Å². The maximum absolute atomic E-state index is 8.66. The van der Waals surface area contributed by atoms with Crippen LogP contribution in [0.4, 0.5) is 0 Å². The third kappa shape index (κ3) is 1.82. The molecule has 0 unspecified atom stereocenters. The highest BCUT2D eigenvalue weighted by Crippen LogP contribution is 2.21. The van der Waals surface area contributed by atoms with Crippen LogP contribution in [0.2, 0.25) is 5.15 Å². The van der Waals surface area contributed by atoms with Crippen molar-refractivity contribution in [3.63, 3.8) is 0 Å². The van der Waals surface area contributed by atoms with Crippen LogP contribution in [0.1, 0.15) is 5.69 Å². The summed E-state index contributed by atoms with van der Waals surface area (Å²) in [7, 11) is 1.52. The molecule has 0 saturated carbocycles. The zero-order chi connectivity index (χ0) is 8.27. The Labute approximate surface area is 69.6 Å². The van der Waals surface area contributed by atoms with Gasteiger partial charge in [-0.25, -0.2) is 4.98 Å². The Hall–Kier alpha value is -0.800. The maximum Gasteiger partial charge on any atom is 0.171 e. The van der Waals surface area contributed by atoms with E-state index in [1.165, 1.54) is 7.11 Å². The highest BCUT2D eigenvalue weighted by atomic mass is 35.5. The number of rotatable bonds is 2. The van der Waals surface area contributed by atoms with Crippen molar-refractivity contribution in [2.24, 2.45) is 0 Å². The van der Waals surface area contributed by atoms with Crippen molar-refractivity contribution >= 4 is 11.6 Å². The van der Waals surface area contributed by atoms with Gasteiger partial charge in [0.2, 0.25) is 0 Å². The number of aliphatic hydroxyl groups excluding tert-OH is 1. The van der Waals surface area contributed by atoms with Crippen LogP contribution >= 0.6 is 11.6 Å². The minimum Gasteiger partial charge on any atom is -0.494 e. The average Bonchev–Trinajstić information content (AvgIpc) is 2.04. The Kier molecular flexibility index (Phi) is 2.68. The number of aromatic nitrogens is 1. The van der Waals surface area contributed by atoms with Crippen LogP contribution < -0.4 is 4.74 Å². The van der Waals surface area contributed by atoms with Gasteiger partial charge in [0.15, 0.2) is 10.9 Å². The highest BCUT2D eigenvalue weighted by molar-refractivity contribution is 6.30. The normalized spacial score (nSPS) is 9.73. The van der Waals surface area contributed by atoms with Gasteiger partial charge in [-0.15, -0.1) is 0 Å². The van der Waals surface area contributed by atoms with Crippen LogP contribution in [0.25, 0.3) is 0 Å². The first-order valence-electron chi connectivity index (χ1n) is 3.08. The molecule has 0 fully saturated rings. The van der Waals surface area contributed by atoms with Crippen molar-refractivity contribution in [1.29, 1.82) is 0 Å². The van der Waals surface area contributed by atoms with E-state index in [4.69, 9.17) is 21.4 Å². The molecule has 0 saturated heterocycles. The standard InChI is InChI=1S/C7H8ClNO2/c1-11-6-3-2-5(4-10)9-7(6)8/h2-3,10H,4H2,1H3. The Morgan fingerprint density at radius 1 is 1.64 bits per heavy atom. The van der Waals surface area contributed by atoms with Gasteiger partial charge in [0, 0.05) is 0 Å². The van der Waals surface area contributed by atoms with Crippen molar-refractivity contribution in [2.45, 2.75) is 6.61 Å². The molecule has 11 heavy (non-hydrogen) atoms. The maximum atomic E-state index is 8.66. The fraction of sp³-hybridized carbons (Fsp3) is 0.286. The fourth-order valence-corrected chi connectivity index (χ4v) is 0.948. The van der Waals surface area contributed by atoms with Gasteiger partial charge < -0.3 is 9.84 Å². The molecule has 1 aromatic heterocycles. The predicted molar refractivity (Wildman–Crippen MR) is 41.7 cm³/mol. The van der Waals surface area contributed by atoms with E-state index in [1.807, 2.05) is 0 Å². The summed E-state index contributed by atoms with van der Waals surface area (Å²) in [5.74, 6) is 0.517. The number of pyridine rings is 1. The van der Waals surface area contributed by atoms with E-state index in [1.54, 1.807) is 12.1 Å². The fourth-order valence-electron chi connectivity index (χ4n) is 0.699. The van der Waals surface area contributed by atoms with Gasteiger partial charge in [-0.05, 0) is 12.1 Å². The number of hydrogen-bond donors (Lipinski definition) is 1. The van der Waals surface area contributed by atoms with E-state index in [2.05, 4.69) is 4.98 Å². The Balaban J connectivity index is 2.99. The largest absolute Gasteiger partial charge is 0.494 e. The molecular formula is C7H8ClNO2. The lowest BCUT2D eigenvalue weighted by atomic mass is 10.3. The number of hydrogen-bond acceptors (Lipinski definition) is 3. The lowest BCUT2D eigenvalue weighted by Crippen LogP contribution is -1.92. The summed E-state index contributed by atoms with van der Waals surface area (Å²) in [6, 6.07) is 3.32. The molecule has 0 aliphatic rings. The van der Waals surface area contributed by atoms with Crippen molar-refractivity contribution < 1.29 is 9.84 Å². The number of halogens is 1. The molecule has 0 aliphatic heterocycles. The molecule has 1 heterocycles. The molecule has 1 rings (SSSR count). The molecule has 0 radical (unpaired) electrons.